The van der Waals surface area contributed by atoms with Crippen LogP contribution >= 0.6 is 0 Å². The van der Waals surface area contributed by atoms with Crippen molar-refractivity contribution in [1.29, 1.82) is 0 Å². The molecule has 5 heteroatoms. The fraction of sp³-hybridized carbons (Fsp3) is 0.250. The average Bonchev–Trinajstić information content (AvgIpc) is 2.03. The number of nitrogens with zero attached hydrogens (tertiary/aromatic N) is 1. The number of aromatic carboxylic acids is 1. The standard InChI is InChI=1S/C8H9NO4/c1-5-3-7(10)6(8(11)12)4-9(5)13-2/h3-4H,1-2H3,(H,11,12). The minimum Gasteiger partial charge on any atom is -0.477 e. The monoisotopic (exact) mass is 183 g/mol. The third kappa shape index (κ3) is 1.69. The first-order valence-electron chi connectivity index (χ1n) is 3.57. The molecule has 0 fully saturated rings. The molecule has 0 spiro atoms. The van der Waals surface area contributed by atoms with Crippen molar-refractivity contribution in [1.82, 2.24) is 4.73 Å². The Morgan fingerprint density at radius 1 is 1.62 bits per heavy atom. The van der Waals surface area contributed by atoms with Crippen LogP contribution in [0, 0.1) is 6.92 Å². The highest BCUT2D eigenvalue weighted by atomic mass is 16.6. The maximum atomic E-state index is 11.1. The Hall–Kier alpha value is -1.78. The lowest BCUT2D eigenvalue weighted by Gasteiger charge is -2.07. The lowest BCUT2D eigenvalue weighted by atomic mass is 10.2. The first kappa shape index (κ1) is 9.31. The molecule has 5 nitrogen and oxygen atoms in total. The van der Waals surface area contributed by atoms with Crippen LogP contribution in [0.4, 0.5) is 0 Å². The van der Waals surface area contributed by atoms with E-state index >= 15 is 0 Å². The highest BCUT2D eigenvalue weighted by Crippen LogP contribution is 1.96. The van der Waals surface area contributed by atoms with Crippen molar-refractivity contribution in [3.63, 3.8) is 0 Å². The van der Waals surface area contributed by atoms with Crippen molar-refractivity contribution >= 4 is 5.97 Å². The van der Waals surface area contributed by atoms with Gasteiger partial charge in [0.2, 0.25) is 0 Å². The van der Waals surface area contributed by atoms with Crippen LogP contribution in [-0.4, -0.2) is 22.9 Å². The summed E-state index contributed by atoms with van der Waals surface area (Å²) >= 11 is 0. The van der Waals surface area contributed by atoms with Gasteiger partial charge in [0.25, 0.3) is 0 Å². The van der Waals surface area contributed by atoms with Gasteiger partial charge in [-0.2, -0.15) is 4.73 Å². The van der Waals surface area contributed by atoms with Gasteiger partial charge in [0.15, 0.2) is 5.43 Å². The van der Waals surface area contributed by atoms with Gasteiger partial charge in [-0.25, -0.2) is 4.79 Å². The lowest BCUT2D eigenvalue weighted by molar-refractivity contribution is 0.0689. The van der Waals surface area contributed by atoms with E-state index in [4.69, 9.17) is 9.94 Å². The average molecular weight is 183 g/mol. The Morgan fingerprint density at radius 3 is 2.69 bits per heavy atom. The molecule has 0 atom stereocenters. The SMILES string of the molecule is COn1cc(C(=O)O)c(=O)cc1C. The second kappa shape index (κ2) is 3.30. The van der Waals surface area contributed by atoms with E-state index in [1.807, 2.05) is 0 Å². The highest BCUT2D eigenvalue weighted by Gasteiger charge is 2.10. The van der Waals surface area contributed by atoms with E-state index in [0.29, 0.717) is 5.69 Å². The molecule has 0 unspecified atom stereocenters. The number of aryl methyl sites for hydroxylation is 1. The minimum atomic E-state index is -1.25. The van der Waals surface area contributed by atoms with Gasteiger partial charge in [0.05, 0.1) is 11.9 Å². The van der Waals surface area contributed by atoms with Crippen molar-refractivity contribution < 1.29 is 14.7 Å². The van der Waals surface area contributed by atoms with Crippen molar-refractivity contribution in [2.24, 2.45) is 0 Å². The summed E-state index contributed by atoms with van der Waals surface area (Å²) in [7, 11) is 1.39. The minimum absolute atomic E-state index is 0.299. The molecule has 70 valence electrons. The molecular formula is C8H9NO4. The first-order chi connectivity index (χ1) is 6.06. The molecule has 0 amide bonds. The number of carboxylic acid groups (broad SMARTS) is 1. The fourth-order valence-corrected chi connectivity index (χ4v) is 0.971. The Labute approximate surface area is 74.1 Å². The summed E-state index contributed by atoms with van der Waals surface area (Å²) in [6.45, 7) is 1.65. The van der Waals surface area contributed by atoms with Crippen LogP contribution in [-0.2, 0) is 0 Å². The Kier molecular flexibility index (Phi) is 2.36. The molecule has 13 heavy (non-hydrogen) atoms. The van der Waals surface area contributed by atoms with Gasteiger partial charge in [-0.1, -0.05) is 0 Å². The lowest BCUT2D eigenvalue weighted by Crippen LogP contribution is -2.21. The number of hydrogen-bond donors (Lipinski definition) is 1. The molecule has 1 heterocycles. The number of aromatic nitrogens is 1. The number of carbonyl (C=O) groups is 1. The van der Waals surface area contributed by atoms with Crippen LogP contribution in [0.5, 0.6) is 0 Å². The Bertz CT molecular complexity index is 394. The molecule has 1 aromatic heterocycles. The number of hydrogen-bond acceptors (Lipinski definition) is 3. The van der Waals surface area contributed by atoms with Crippen LogP contribution in [0.25, 0.3) is 0 Å². The van der Waals surface area contributed by atoms with E-state index in [1.165, 1.54) is 17.9 Å². The fourth-order valence-electron chi connectivity index (χ4n) is 0.971. The highest BCUT2D eigenvalue weighted by molar-refractivity contribution is 5.87. The van der Waals surface area contributed by atoms with Crippen LogP contribution in [0.2, 0.25) is 0 Å². The van der Waals surface area contributed by atoms with Crippen LogP contribution < -0.4 is 10.3 Å². The maximum Gasteiger partial charge on any atom is 0.341 e. The quantitative estimate of drug-likeness (QED) is 0.695. The molecular weight excluding hydrogens is 174 g/mol. The van der Waals surface area contributed by atoms with Crippen molar-refractivity contribution in [3.05, 3.63) is 33.7 Å². The molecule has 1 rings (SSSR count). The summed E-state index contributed by atoms with van der Waals surface area (Å²) in [5.74, 6) is -1.25. The number of pyridine rings is 1. The van der Waals surface area contributed by atoms with Crippen LogP contribution in [0.3, 0.4) is 0 Å². The molecule has 0 saturated heterocycles. The summed E-state index contributed by atoms with van der Waals surface area (Å²) in [5.41, 5.74) is -0.261. The Balaban J connectivity index is 3.39. The van der Waals surface area contributed by atoms with E-state index in [1.54, 1.807) is 6.92 Å². The van der Waals surface area contributed by atoms with Crippen molar-refractivity contribution in [2.45, 2.75) is 6.92 Å². The first-order valence-corrected chi connectivity index (χ1v) is 3.57. The van der Waals surface area contributed by atoms with Gasteiger partial charge in [-0.3, -0.25) is 4.79 Å². The van der Waals surface area contributed by atoms with Gasteiger partial charge in [0.1, 0.15) is 12.7 Å². The third-order valence-corrected chi connectivity index (χ3v) is 1.63. The van der Waals surface area contributed by atoms with Gasteiger partial charge >= 0.3 is 5.97 Å². The summed E-state index contributed by atoms with van der Waals surface area (Å²) in [5, 5.41) is 8.61. The predicted octanol–water partition coefficient (Wildman–Crippen LogP) is -0.0867. The van der Waals surface area contributed by atoms with Gasteiger partial charge < -0.3 is 9.94 Å². The Morgan fingerprint density at radius 2 is 2.23 bits per heavy atom. The maximum absolute atomic E-state index is 11.1. The van der Waals surface area contributed by atoms with E-state index in [-0.39, 0.29) is 5.56 Å². The van der Waals surface area contributed by atoms with Crippen LogP contribution in [0.15, 0.2) is 17.1 Å². The number of carboxylic acids is 1. The largest absolute Gasteiger partial charge is 0.477 e. The van der Waals surface area contributed by atoms with E-state index in [9.17, 15) is 9.59 Å². The molecule has 0 aliphatic rings. The van der Waals surface area contributed by atoms with E-state index in [0.717, 1.165) is 6.20 Å². The summed E-state index contributed by atoms with van der Waals surface area (Å²) in [6.07, 6.45) is 1.15. The molecule has 0 aliphatic carbocycles. The summed E-state index contributed by atoms with van der Waals surface area (Å²) < 4.78 is 1.23. The number of rotatable bonds is 2. The second-order valence-electron chi connectivity index (χ2n) is 2.51. The zero-order valence-corrected chi connectivity index (χ0v) is 7.27. The van der Waals surface area contributed by atoms with Gasteiger partial charge in [-0.15, -0.1) is 0 Å². The topological polar surface area (TPSA) is 68.5 Å². The predicted molar refractivity (Wildman–Crippen MR) is 44.9 cm³/mol. The molecule has 1 aromatic rings. The van der Waals surface area contributed by atoms with E-state index in [2.05, 4.69) is 0 Å². The van der Waals surface area contributed by atoms with Crippen LogP contribution in [0.1, 0.15) is 16.1 Å². The zero-order chi connectivity index (χ0) is 10.0. The molecule has 0 bridgehead atoms. The molecule has 0 radical (unpaired) electrons. The molecule has 0 aromatic carbocycles. The summed E-state index contributed by atoms with van der Waals surface area (Å²) in [6, 6.07) is 1.22. The zero-order valence-electron chi connectivity index (χ0n) is 7.27. The van der Waals surface area contributed by atoms with Crippen molar-refractivity contribution in [3.8, 4) is 0 Å². The molecule has 1 N–H and O–H groups in total. The second-order valence-corrected chi connectivity index (χ2v) is 2.51. The summed E-state index contributed by atoms with van der Waals surface area (Å²) in [4.78, 5) is 26.4. The van der Waals surface area contributed by atoms with Gasteiger partial charge in [-0.05, 0) is 6.92 Å². The third-order valence-electron chi connectivity index (χ3n) is 1.63. The van der Waals surface area contributed by atoms with E-state index < -0.39 is 11.4 Å². The smallest absolute Gasteiger partial charge is 0.341 e. The van der Waals surface area contributed by atoms with Crippen molar-refractivity contribution in [2.75, 3.05) is 7.11 Å². The molecule has 0 saturated carbocycles. The van der Waals surface area contributed by atoms with Gasteiger partial charge in [0, 0.05) is 6.07 Å². The molecule has 0 aliphatic heterocycles. The normalized spacial score (nSPS) is 9.69.